The number of hydrogen-bond donors (Lipinski definition) is 0. The Hall–Kier alpha value is -2.63. The predicted molar refractivity (Wildman–Crippen MR) is 344 cm³/mol. The number of rotatable bonds is 65. The third kappa shape index (κ3) is 66.1. The first kappa shape index (κ1) is 76.4. The molecule has 6 nitrogen and oxygen atoms in total. The van der Waals surface area contributed by atoms with Gasteiger partial charge in [-0.1, -0.05) is 326 Å². The maximum absolute atomic E-state index is 12.9. The van der Waals surface area contributed by atoms with Crippen LogP contribution in [0.3, 0.4) is 0 Å². The molecular weight excluding hydrogens is 973 g/mol. The second kappa shape index (κ2) is 67.9. The van der Waals surface area contributed by atoms with E-state index in [1.807, 2.05) is 0 Å². The summed E-state index contributed by atoms with van der Waals surface area (Å²) in [4.78, 5) is 38.5. The van der Waals surface area contributed by atoms with E-state index in [2.05, 4.69) is 69.4 Å². The molecule has 0 aliphatic heterocycles. The molecule has 0 aromatic heterocycles. The fraction of sp³-hybridized carbons (Fsp3) is 0.849. The molecule has 6 heteroatoms. The molecule has 0 N–H and O–H groups in total. The Balaban J connectivity index is 4.34. The highest BCUT2D eigenvalue weighted by atomic mass is 16.6. The lowest BCUT2D eigenvalue weighted by molar-refractivity contribution is -0.167. The highest BCUT2D eigenvalue weighted by Gasteiger charge is 2.19. The highest BCUT2D eigenvalue weighted by molar-refractivity contribution is 5.71. The molecule has 0 spiro atoms. The average molecular weight is 1110 g/mol. The van der Waals surface area contributed by atoms with Crippen LogP contribution in [0, 0.1) is 0 Å². The van der Waals surface area contributed by atoms with Crippen molar-refractivity contribution in [3.05, 3.63) is 48.6 Å². The fourth-order valence-corrected chi connectivity index (χ4v) is 10.5. The van der Waals surface area contributed by atoms with E-state index in [-0.39, 0.29) is 31.1 Å². The zero-order valence-corrected chi connectivity index (χ0v) is 53.2. The summed E-state index contributed by atoms with van der Waals surface area (Å²) in [5, 5.41) is 0. The van der Waals surface area contributed by atoms with Crippen molar-refractivity contribution in [1.82, 2.24) is 0 Å². The maximum Gasteiger partial charge on any atom is 0.306 e. The van der Waals surface area contributed by atoms with Crippen molar-refractivity contribution in [2.45, 2.75) is 386 Å². The molecule has 0 saturated heterocycles. The zero-order chi connectivity index (χ0) is 57.1. The van der Waals surface area contributed by atoms with E-state index in [1.165, 1.54) is 263 Å². The van der Waals surface area contributed by atoms with E-state index in [0.717, 1.165) is 77.0 Å². The minimum atomic E-state index is -0.780. The van der Waals surface area contributed by atoms with Crippen LogP contribution in [0.1, 0.15) is 380 Å². The largest absolute Gasteiger partial charge is 0.462 e. The zero-order valence-electron chi connectivity index (χ0n) is 53.2. The van der Waals surface area contributed by atoms with Crippen molar-refractivity contribution in [1.29, 1.82) is 0 Å². The van der Waals surface area contributed by atoms with Gasteiger partial charge in [0, 0.05) is 19.3 Å². The normalized spacial score (nSPS) is 12.3. The Morgan fingerprint density at radius 3 is 0.747 bits per heavy atom. The number of unbranched alkanes of at least 4 members (excludes halogenated alkanes) is 46. The number of carbonyl (C=O) groups is 3. The van der Waals surface area contributed by atoms with Crippen LogP contribution in [-0.4, -0.2) is 37.2 Å². The molecule has 0 aromatic rings. The van der Waals surface area contributed by atoms with E-state index in [0.29, 0.717) is 19.3 Å². The Morgan fingerprint density at radius 1 is 0.253 bits per heavy atom. The molecule has 0 heterocycles. The van der Waals surface area contributed by atoms with Gasteiger partial charge < -0.3 is 14.2 Å². The summed E-state index contributed by atoms with van der Waals surface area (Å²) < 4.78 is 17.0. The second-order valence-corrected chi connectivity index (χ2v) is 23.8. The smallest absolute Gasteiger partial charge is 0.306 e. The monoisotopic (exact) mass is 1110 g/mol. The predicted octanol–water partition coefficient (Wildman–Crippen LogP) is 24.1. The SMILES string of the molecule is CCCCC/C=C\C/C=C\C/C=C\CCCCCCCCC(=O)OC(COC(=O)CCCCCCCCCCCCC/C=C\CCCCCCCCCC)COC(=O)CCCCCCCCCCCCCCCCCCCCC. The fourth-order valence-electron chi connectivity index (χ4n) is 10.5. The molecule has 0 rings (SSSR count). The first-order chi connectivity index (χ1) is 39.0. The Bertz CT molecular complexity index is 1360. The van der Waals surface area contributed by atoms with Gasteiger partial charge in [-0.15, -0.1) is 0 Å². The van der Waals surface area contributed by atoms with Gasteiger partial charge in [0.25, 0.3) is 0 Å². The van der Waals surface area contributed by atoms with Gasteiger partial charge in [-0.3, -0.25) is 14.4 Å². The first-order valence-corrected chi connectivity index (χ1v) is 35.1. The lowest BCUT2D eigenvalue weighted by Gasteiger charge is -2.18. The molecule has 0 aromatic carbocycles. The summed E-state index contributed by atoms with van der Waals surface area (Å²) >= 11 is 0. The summed E-state index contributed by atoms with van der Waals surface area (Å²) in [7, 11) is 0. The van der Waals surface area contributed by atoms with Crippen LogP contribution in [0.5, 0.6) is 0 Å². The van der Waals surface area contributed by atoms with E-state index in [1.54, 1.807) is 0 Å². The van der Waals surface area contributed by atoms with Crippen LogP contribution < -0.4 is 0 Å². The van der Waals surface area contributed by atoms with Crippen LogP contribution in [0.4, 0.5) is 0 Å². The molecule has 1 atom stereocenters. The minimum absolute atomic E-state index is 0.0744. The van der Waals surface area contributed by atoms with Crippen LogP contribution in [0.15, 0.2) is 48.6 Å². The Kier molecular flexibility index (Phi) is 65.6. The van der Waals surface area contributed by atoms with Crippen molar-refractivity contribution in [3.63, 3.8) is 0 Å². The molecule has 0 bridgehead atoms. The number of hydrogen-bond acceptors (Lipinski definition) is 6. The minimum Gasteiger partial charge on any atom is -0.462 e. The van der Waals surface area contributed by atoms with Crippen LogP contribution in [-0.2, 0) is 28.6 Å². The van der Waals surface area contributed by atoms with Gasteiger partial charge in [-0.05, 0) is 83.5 Å². The molecule has 0 aliphatic rings. The van der Waals surface area contributed by atoms with Crippen LogP contribution in [0.25, 0.3) is 0 Å². The Labute approximate surface area is 492 Å². The van der Waals surface area contributed by atoms with Gasteiger partial charge in [-0.25, -0.2) is 0 Å². The summed E-state index contributed by atoms with van der Waals surface area (Å²) in [6.07, 6.45) is 85.6. The molecule has 0 amide bonds. The van der Waals surface area contributed by atoms with Crippen molar-refractivity contribution in [3.8, 4) is 0 Å². The van der Waals surface area contributed by atoms with E-state index in [4.69, 9.17) is 14.2 Å². The van der Waals surface area contributed by atoms with Gasteiger partial charge in [0.2, 0.25) is 0 Å². The van der Waals surface area contributed by atoms with Crippen LogP contribution >= 0.6 is 0 Å². The topological polar surface area (TPSA) is 78.9 Å². The average Bonchev–Trinajstić information content (AvgIpc) is 3.45. The molecule has 0 aliphatic carbocycles. The molecule has 79 heavy (non-hydrogen) atoms. The van der Waals surface area contributed by atoms with E-state index in [9.17, 15) is 14.4 Å². The number of esters is 3. The first-order valence-electron chi connectivity index (χ1n) is 35.1. The van der Waals surface area contributed by atoms with Crippen LogP contribution in [0.2, 0.25) is 0 Å². The lowest BCUT2D eigenvalue weighted by Crippen LogP contribution is -2.30. The second-order valence-electron chi connectivity index (χ2n) is 23.8. The van der Waals surface area contributed by atoms with E-state index < -0.39 is 6.10 Å². The standard InChI is InChI=1S/C73H134O6/c1-4-7-10-13-16-19-22-25-28-31-34-35-36-37-40-42-45-48-51-54-57-60-63-66-72(75)78-69-70(79-73(76)67-64-61-58-55-52-49-46-43-39-33-30-27-24-21-18-15-12-9-6-3)68-77-71(74)65-62-59-56-53-50-47-44-41-38-32-29-26-23-20-17-14-11-8-5-2/h18,21,27,30-31,34,39,43,70H,4-17,19-20,22-26,28-29,32-33,35-38,40-42,44-69H2,1-3H3/b21-18-,30-27-,34-31-,43-39-. The summed E-state index contributed by atoms with van der Waals surface area (Å²) in [6.45, 7) is 6.67. The third-order valence-electron chi connectivity index (χ3n) is 15.8. The van der Waals surface area contributed by atoms with Crippen molar-refractivity contribution >= 4 is 17.9 Å². The van der Waals surface area contributed by atoms with Crippen molar-refractivity contribution in [2.75, 3.05) is 13.2 Å². The molecule has 0 radical (unpaired) electrons. The molecule has 0 fully saturated rings. The van der Waals surface area contributed by atoms with Crippen molar-refractivity contribution < 1.29 is 28.6 Å². The molecular formula is C73H134O6. The number of ether oxygens (including phenoxy) is 3. The molecule has 462 valence electrons. The molecule has 0 saturated carbocycles. The van der Waals surface area contributed by atoms with E-state index >= 15 is 0 Å². The lowest BCUT2D eigenvalue weighted by atomic mass is 10.0. The molecule has 1 unspecified atom stereocenters. The van der Waals surface area contributed by atoms with Gasteiger partial charge in [0.15, 0.2) is 6.10 Å². The van der Waals surface area contributed by atoms with Crippen molar-refractivity contribution in [2.24, 2.45) is 0 Å². The summed E-state index contributed by atoms with van der Waals surface area (Å²) in [5.74, 6) is -0.861. The quantitative estimate of drug-likeness (QED) is 0.0261. The summed E-state index contributed by atoms with van der Waals surface area (Å²) in [6, 6.07) is 0. The van der Waals surface area contributed by atoms with Gasteiger partial charge in [-0.2, -0.15) is 0 Å². The van der Waals surface area contributed by atoms with Gasteiger partial charge in [0.1, 0.15) is 13.2 Å². The van der Waals surface area contributed by atoms with Gasteiger partial charge in [0.05, 0.1) is 0 Å². The highest BCUT2D eigenvalue weighted by Crippen LogP contribution is 2.18. The Morgan fingerprint density at radius 2 is 0.456 bits per heavy atom. The number of allylic oxidation sites excluding steroid dienone is 8. The van der Waals surface area contributed by atoms with Gasteiger partial charge >= 0.3 is 17.9 Å². The third-order valence-corrected chi connectivity index (χ3v) is 15.8. The number of carbonyl (C=O) groups excluding carboxylic acids is 3. The maximum atomic E-state index is 12.9. The summed E-state index contributed by atoms with van der Waals surface area (Å²) in [5.41, 5.74) is 0.